The van der Waals surface area contributed by atoms with E-state index < -0.39 is 0 Å². The molecule has 1 saturated heterocycles. The van der Waals surface area contributed by atoms with Crippen molar-refractivity contribution in [3.63, 3.8) is 0 Å². The molecule has 4 heterocycles. The largest absolute Gasteiger partial charge is 0.383 e. The van der Waals surface area contributed by atoms with Gasteiger partial charge < -0.3 is 16.0 Å². The lowest BCUT2D eigenvalue weighted by Gasteiger charge is -2.44. The number of rotatable bonds is 1. The SMILES string of the molecule is CC(C)(C)n1cc2c(n1)C(=O)NC1(CCN(C(=O)c3ccc4ccnc(N)c4c3)CC1)C2. The van der Waals surface area contributed by atoms with E-state index in [9.17, 15) is 9.59 Å². The van der Waals surface area contributed by atoms with E-state index in [4.69, 9.17) is 5.73 Å². The Bertz CT molecular complexity index is 1230. The van der Waals surface area contributed by atoms with E-state index in [0.29, 0.717) is 43.0 Å². The molecule has 0 saturated carbocycles. The molecule has 166 valence electrons. The Balaban J connectivity index is 1.33. The predicted octanol–water partition coefficient (Wildman–Crippen LogP) is 2.73. The highest BCUT2D eigenvalue weighted by Crippen LogP contribution is 2.33. The molecule has 2 aromatic heterocycles. The highest BCUT2D eigenvalue weighted by Gasteiger charge is 2.43. The van der Waals surface area contributed by atoms with Crippen LogP contribution in [-0.4, -0.2) is 50.1 Å². The summed E-state index contributed by atoms with van der Waals surface area (Å²) in [5, 5.41) is 9.47. The summed E-state index contributed by atoms with van der Waals surface area (Å²) >= 11 is 0. The fourth-order valence-corrected chi connectivity index (χ4v) is 4.73. The van der Waals surface area contributed by atoms with Crippen molar-refractivity contribution >= 4 is 28.4 Å². The van der Waals surface area contributed by atoms with Crippen LogP contribution >= 0.6 is 0 Å². The number of anilines is 1. The van der Waals surface area contributed by atoms with Crippen LogP contribution in [-0.2, 0) is 12.0 Å². The molecule has 0 radical (unpaired) electrons. The molecule has 32 heavy (non-hydrogen) atoms. The van der Waals surface area contributed by atoms with E-state index in [1.807, 2.05) is 40.0 Å². The Labute approximate surface area is 186 Å². The summed E-state index contributed by atoms with van der Waals surface area (Å²) in [7, 11) is 0. The van der Waals surface area contributed by atoms with Gasteiger partial charge in [-0.2, -0.15) is 5.10 Å². The monoisotopic (exact) mass is 432 g/mol. The lowest BCUT2D eigenvalue weighted by molar-refractivity contribution is 0.0605. The minimum absolute atomic E-state index is 0.0200. The third-order valence-electron chi connectivity index (χ3n) is 6.65. The second-order valence-corrected chi connectivity index (χ2v) is 9.95. The Morgan fingerprint density at radius 2 is 1.94 bits per heavy atom. The van der Waals surface area contributed by atoms with Crippen LogP contribution in [0, 0.1) is 0 Å². The molecular weight excluding hydrogens is 404 g/mol. The molecule has 2 aliphatic rings. The highest BCUT2D eigenvalue weighted by atomic mass is 16.2. The molecule has 1 fully saturated rings. The number of fused-ring (bicyclic) bond motifs is 2. The summed E-state index contributed by atoms with van der Waals surface area (Å²) < 4.78 is 1.87. The van der Waals surface area contributed by atoms with Crippen molar-refractivity contribution in [1.82, 2.24) is 25.0 Å². The van der Waals surface area contributed by atoms with Crippen LogP contribution < -0.4 is 11.1 Å². The number of aromatic nitrogens is 3. The van der Waals surface area contributed by atoms with Crippen LogP contribution in [0.25, 0.3) is 10.8 Å². The lowest BCUT2D eigenvalue weighted by Crippen LogP contribution is -2.59. The first-order valence-electron chi connectivity index (χ1n) is 11.0. The zero-order valence-electron chi connectivity index (χ0n) is 18.7. The fourth-order valence-electron chi connectivity index (χ4n) is 4.73. The van der Waals surface area contributed by atoms with Gasteiger partial charge in [0.05, 0.1) is 5.54 Å². The fraction of sp³-hybridized carbons (Fsp3) is 0.417. The van der Waals surface area contributed by atoms with Crippen LogP contribution in [0.15, 0.2) is 36.7 Å². The summed E-state index contributed by atoms with van der Waals surface area (Å²) in [6.45, 7) is 7.38. The average Bonchev–Trinajstić information content (AvgIpc) is 3.19. The molecule has 0 bridgehead atoms. The molecule has 0 atom stereocenters. The highest BCUT2D eigenvalue weighted by molar-refractivity contribution is 6.01. The van der Waals surface area contributed by atoms with Gasteiger partial charge in [-0.1, -0.05) is 6.07 Å². The van der Waals surface area contributed by atoms with Crippen molar-refractivity contribution in [2.75, 3.05) is 18.8 Å². The Hall–Kier alpha value is -3.42. The Morgan fingerprint density at radius 1 is 1.19 bits per heavy atom. The number of benzene rings is 1. The van der Waals surface area contributed by atoms with Gasteiger partial charge in [0.2, 0.25) is 0 Å². The summed E-state index contributed by atoms with van der Waals surface area (Å²) in [5.41, 5.74) is 7.60. The van der Waals surface area contributed by atoms with Crippen LogP contribution in [0.2, 0.25) is 0 Å². The number of hydrogen-bond donors (Lipinski definition) is 2. The van der Waals surface area contributed by atoms with Crippen LogP contribution in [0.4, 0.5) is 5.82 Å². The summed E-state index contributed by atoms with van der Waals surface area (Å²) in [5.74, 6) is 0.284. The number of nitrogens with two attached hydrogens (primary N) is 1. The van der Waals surface area contributed by atoms with Crippen LogP contribution in [0.1, 0.15) is 60.0 Å². The number of hydrogen-bond acceptors (Lipinski definition) is 5. The van der Waals surface area contributed by atoms with Gasteiger partial charge in [0, 0.05) is 47.5 Å². The summed E-state index contributed by atoms with van der Waals surface area (Å²) in [4.78, 5) is 32.0. The normalized spacial score (nSPS) is 18.0. The smallest absolute Gasteiger partial charge is 0.272 e. The number of piperidine rings is 1. The second-order valence-electron chi connectivity index (χ2n) is 9.95. The van der Waals surface area contributed by atoms with E-state index >= 15 is 0 Å². The quantitative estimate of drug-likeness (QED) is 0.615. The van der Waals surface area contributed by atoms with Crippen molar-refractivity contribution in [3.8, 4) is 0 Å². The lowest BCUT2D eigenvalue weighted by atomic mass is 9.79. The summed E-state index contributed by atoms with van der Waals surface area (Å²) in [6, 6.07) is 7.44. The maximum atomic E-state index is 13.2. The number of amides is 2. The van der Waals surface area contributed by atoms with Crippen molar-refractivity contribution < 1.29 is 9.59 Å². The molecule has 5 rings (SSSR count). The molecule has 8 nitrogen and oxygen atoms in total. The van der Waals surface area contributed by atoms with Crippen LogP contribution in [0.3, 0.4) is 0 Å². The van der Waals surface area contributed by atoms with E-state index in [1.54, 1.807) is 6.20 Å². The molecule has 3 N–H and O–H groups in total. The van der Waals surface area contributed by atoms with E-state index in [1.165, 1.54) is 0 Å². The third-order valence-corrected chi connectivity index (χ3v) is 6.65. The number of nitrogen functional groups attached to an aromatic ring is 1. The van der Waals surface area contributed by atoms with Gasteiger partial charge in [0.25, 0.3) is 11.8 Å². The number of carbonyl (C=O) groups excluding carboxylic acids is 2. The Morgan fingerprint density at radius 3 is 2.66 bits per heavy atom. The minimum atomic E-state index is -0.329. The van der Waals surface area contributed by atoms with Gasteiger partial charge in [-0.15, -0.1) is 0 Å². The molecular formula is C24H28N6O2. The maximum absolute atomic E-state index is 13.2. The van der Waals surface area contributed by atoms with E-state index in [0.717, 1.165) is 22.8 Å². The van der Waals surface area contributed by atoms with E-state index in [-0.39, 0.29) is 22.9 Å². The van der Waals surface area contributed by atoms with E-state index in [2.05, 4.69) is 36.2 Å². The third kappa shape index (κ3) is 3.39. The minimum Gasteiger partial charge on any atom is -0.383 e. The first-order chi connectivity index (χ1) is 15.2. The number of carbonyl (C=O) groups is 2. The molecule has 0 aliphatic carbocycles. The molecule has 3 aromatic rings. The van der Waals surface area contributed by atoms with Crippen molar-refractivity contribution in [2.24, 2.45) is 0 Å². The van der Waals surface area contributed by atoms with Gasteiger partial charge in [0.1, 0.15) is 5.82 Å². The van der Waals surface area contributed by atoms with Gasteiger partial charge in [0.15, 0.2) is 5.69 Å². The zero-order valence-corrected chi connectivity index (χ0v) is 18.7. The number of likely N-dealkylation sites (tertiary alicyclic amines) is 1. The Kier molecular flexibility index (Phi) is 4.51. The number of nitrogens with one attached hydrogen (secondary N) is 1. The first kappa shape index (κ1) is 20.5. The topological polar surface area (TPSA) is 106 Å². The standard InChI is InChI=1S/C24H28N6O2/c1-23(2,3)30-14-17-13-24(27-21(31)19(17)28-30)7-10-29(11-8-24)22(32)16-5-4-15-6-9-26-20(25)18(15)12-16/h4-6,9,12,14H,7-8,10-11,13H2,1-3H3,(H2,25,26)(H,27,31). The maximum Gasteiger partial charge on any atom is 0.272 e. The predicted molar refractivity (Wildman–Crippen MR) is 122 cm³/mol. The van der Waals surface area contributed by atoms with Gasteiger partial charge in [-0.05, 0) is 63.6 Å². The van der Waals surface area contributed by atoms with Gasteiger partial charge >= 0.3 is 0 Å². The molecule has 2 amide bonds. The zero-order chi connectivity index (χ0) is 22.7. The molecule has 2 aliphatic heterocycles. The van der Waals surface area contributed by atoms with Gasteiger partial charge in [-0.3, -0.25) is 14.3 Å². The summed E-state index contributed by atoms with van der Waals surface area (Å²) in [6.07, 6.45) is 5.83. The molecule has 1 aromatic carbocycles. The average molecular weight is 433 g/mol. The van der Waals surface area contributed by atoms with Crippen molar-refractivity contribution in [3.05, 3.63) is 53.5 Å². The number of nitrogens with zero attached hydrogens (tertiary/aromatic N) is 4. The van der Waals surface area contributed by atoms with Gasteiger partial charge in [-0.25, -0.2) is 4.98 Å². The second kappa shape index (κ2) is 7.05. The molecule has 0 unspecified atom stereocenters. The van der Waals surface area contributed by atoms with Crippen molar-refractivity contribution in [1.29, 1.82) is 0 Å². The molecule has 1 spiro atoms. The first-order valence-corrected chi connectivity index (χ1v) is 11.0. The van der Waals surface area contributed by atoms with Crippen molar-refractivity contribution in [2.45, 2.75) is 51.1 Å². The van der Waals surface area contributed by atoms with Crippen LogP contribution in [0.5, 0.6) is 0 Å². The number of pyridine rings is 1. The molecule has 8 heteroatoms.